The minimum absolute atomic E-state index is 0.00783. The number of nitrogens with two attached hydrogens (primary N) is 1. The Morgan fingerprint density at radius 3 is 2.82 bits per heavy atom. The Balaban J connectivity index is 1.25. The zero-order valence-electron chi connectivity index (χ0n) is 18.3. The van der Waals surface area contributed by atoms with Gasteiger partial charge in [0.05, 0.1) is 30.6 Å². The summed E-state index contributed by atoms with van der Waals surface area (Å²) in [5, 5.41) is 9.88. The van der Waals surface area contributed by atoms with Gasteiger partial charge in [-0.25, -0.2) is 9.97 Å². The molecule has 0 aliphatic carbocycles. The zero-order valence-corrected chi connectivity index (χ0v) is 18.3. The monoisotopic (exact) mass is 447 g/mol. The third-order valence-electron chi connectivity index (χ3n) is 5.92. The average molecular weight is 447 g/mol. The zero-order chi connectivity index (χ0) is 23.4. The van der Waals surface area contributed by atoms with Gasteiger partial charge in [0.25, 0.3) is 0 Å². The van der Waals surface area contributed by atoms with Crippen molar-refractivity contribution in [1.29, 1.82) is 5.26 Å². The molecule has 1 aromatic carbocycles. The summed E-state index contributed by atoms with van der Waals surface area (Å²) in [5.41, 5.74) is 7.15. The molecule has 3 heterocycles. The first-order valence-electron chi connectivity index (χ1n) is 10.7. The van der Waals surface area contributed by atoms with Gasteiger partial charge >= 0.3 is 0 Å². The second kappa shape index (κ2) is 9.67. The van der Waals surface area contributed by atoms with E-state index in [9.17, 15) is 9.59 Å². The maximum Gasteiger partial charge on any atom is 0.248 e. The SMILES string of the molecule is CN(C(=O)COCCn1ccc2ccc(C(N)=O)cc21)C1CCN(c2ncc(C#N)cn2)C1. The van der Waals surface area contributed by atoms with E-state index in [1.165, 1.54) is 12.4 Å². The van der Waals surface area contributed by atoms with Crippen LogP contribution in [0, 0.1) is 11.3 Å². The Morgan fingerprint density at radius 2 is 2.09 bits per heavy atom. The fourth-order valence-corrected chi connectivity index (χ4v) is 3.94. The fourth-order valence-electron chi connectivity index (χ4n) is 3.94. The van der Waals surface area contributed by atoms with E-state index in [0.29, 0.717) is 36.8 Å². The molecular weight excluding hydrogens is 422 g/mol. The molecule has 10 heteroatoms. The molecule has 10 nitrogen and oxygen atoms in total. The lowest BCUT2D eigenvalue weighted by Gasteiger charge is -2.25. The summed E-state index contributed by atoms with van der Waals surface area (Å²) < 4.78 is 7.62. The van der Waals surface area contributed by atoms with Gasteiger partial charge in [0, 0.05) is 44.0 Å². The number of anilines is 1. The average Bonchev–Trinajstić information content (AvgIpc) is 3.48. The Bertz CT molecular complexity index is 1200. The van der Waals surface area contributed by atoms with Crippen molar-refractivity contribution in [3.05, 3.63) is 54.0 Å². The summed E-state index contributed by atoms with van der Waals surface area (Å²) in [6, 6.07) is 9.34. The number of likely N-dealkylation sites (N-methyl/N-ethyl adjacent to an activating group) is 1. The molecule has 4 rings (SSSR count). The number of amides is 2. The molecule has 0 saturated carbocycles. The largest absolute Gasteiger partial charge is 0.370 e. The predicted molar refractivity (Wildman–Crippen MR) is 121 cm³/mol. The maximum absolute atomic E-state index is 12.6. The highest BCUT2D eigenvalue weighted by Crippen LogP contribution is 2.20. The summed E-state index contributed by atoms with van der Waals surface area (Å²) in [5.74, 6) is 0.00812. The summed E-state index contributed by atoms with van der Waals surface area (Å²) in [6.07, 6.45) is 5.73. The molecule has 3 aromatic rings. The van der Waals surface area contributed by atoms with Gasteiger partial charge in [-0.15, -0.1) is 0 Å². The number of ether oxygens (including phenoxy) is 1. The molecule has 0 radical (unpaired) electrons. The van der Waals surface area contributed by atoms with Crippen LogP contribution in [-0.2, 0) is 16.1 Å². The molecule has 1 aliphatic heterocycles. The molecule has 2 aromatic heterocycles. The molecule has 1 saturated heterocycles. The summed E-state index contributed by atoms with van der Waals surface area (Å²) in [7, 11) is 1.78. The van der Waals surface area contributed by atoms with E-state index >= 15 is 0 Å². The smallest absolute Gasteiger partial charge is 0.248 e. The first kappa shape index (κ1) is 22.2. The van der Waals surface area contributed by atoms with Crippen molar-refractivity contribution in [3.8, 4) is 6.07 Å². The number of rotatable bonds is 8. The number of primary amides is 1. The quantitative estimate of drug-likeness (QED) is 0.513. The molecule has 1 aliphatic rings. The van der Waals surface area contributed by atoms with Crippen molar-refractivity contribution in [2.75, 3.05) is 38.3 Å². The van der Waals surface area contributed by atoms with E-state index in [2.05, 4.69) is 9.97 Å². The highest BCUT2D eigenvalue weighted by molar-refractivity contribution is 5.97. The van der Waals surface area contributed by atoms with Crippen LogP contribution in [0.1, 0.15) is 22.3 Å². The molecule has 1 atom stereocenters. The molecule has 2 amide bonds. The lowest BCUT2D eigenvalue weighted by atomic mass is 10.1. The van der Waals surface area contributed by atoms with Crippen LogP contribution in [0.4, 0.5) is 5.95 Å². The van der Waals surface area contributed by atoms with E-state index in [1.807, 2.05) is 33.9 Å². The molecule has 33 heavy (non-hydrogen) atoms. The third-order valence-corrected chi connectivity index (χ3v) is 5.92. The van der Waals surface area contributed by atoms with Crippen molar-refractivity contribution < 1.29 is 14.3 Å². The number of fused-ring (bicyclic) bond motifs is 1. The molecule has 2 N–H and O–H groups in total. The van der Waals surface area contributed by atoms with Crippen molar-refractivity contribution in [2.45, 2.75) is 19.0 Å². The summed E-state index contributed by atoms with van der Waals surface area (Å²) >= 11 is 0. The minimum Gasteiger partial charge on any atom is -0.370 e. The van der Waals surface area contributed by atoms with Crippen LogP contribution in [0.25, 0.3) is 10.9 Å². The van der Waals surface area contributed by atoms with E-state index in [1.54, 1.807) is 24.1 Å². The van der Waals surface area contributed by atoms with Gasteiger partial charge in [-0.1, -0.05) is 6.07 Å². The highest BCUT2D eigenvalue weighted by atomic mass is 16.5. The molecule has 0 bridgehead atoms. The maximum atomic E-state index is 12.6. The first-order valence-corrected chi connectivity index (χ1v) is 10.7. The van der Waals surface area contributed by atoms with Crippen LogP contribution in [0.15, 0.2) is 42.9 Å². The highest BCUT2D eigenvalue weighted by Gasteiger charge is 2.29. The first-order chi connectivity index (χ1) is 16.0. The van der Waals surface area contributed by atoms with Crippen LogP contribution >= 0.6 is 0 Å². The number of hydrogen-bond donors (Lipinski definition) is 1. The number of benzene rings is 1. The Kier molecular flexibility index (Phi) is 6.51. The summed E-state index contributed by atoms with van der Waals surface area (Å²) in [6.45, 7) is 2.27. The van der Waals surface area contributed by atoms with Gasteiger partial charge < -0.3 is 24.8 Å². The predicted octanol–water partition coefficient (Wildman–Crippen LogP) is 1.16. The van der Waals surface area contributed by atoms with Gasteiger partial charge in [-0.2, -0.15) is 5.26 Å². The normalized spacial score (nSPS) is 15.5. The second-order valence-electron chi connectivity index (χ2n) is 7.98. The van der Waals surface area contributed by atoms with E-state index in [-0.39, 0.29) is 18.6 Å². The van der Waals surface area contributed by atoms with E-state index in [4.69, 9.17) is 15.7 Å². The van der Waals surface area contributed by atoms with Crippen molar-refractivity contribution in [2.24, 2.45) is 5.73 Å². The van der Waals surface area contributed by atoms with Crippen LogP contribution in [0.3, 0.4) is 0 Å². The van der Waals surface area contributed by atoms with Gasteiger partial charge in [0.2, 0.25) is 17.8 Å². The van der Waals surface area contributed by atoms with Crippen molar-refractivity contribution >= 4 is 28.7 Å². The Morgan fingerprint density at radius 1 is 1.30 bits per heavy atom. The van der Waals surface area contributed by atoms with Gasteiger partial charge in [-0.05, 0) is 30.0 Å². The minimum atomic E-state index is -0.467. The molecular formula is C23H25N7O3. The number of hydrogen-bond acceptors (Lipinski definition) is 7. The van der Waals surface area contributed by atoms with Crippen LogP contribution in [-0.4, -0.2) is 70.6 Å². The number of nitrogens with zero attached hydrogens (tertiary/aromatic N) is 6. The molecule has 0 spiro atoms. The van der Waals surface area contributed by atoms with Crippen LogP contribution < -0.4 is 10.6 Å². The summed E-state index contributed by atoms with van der Waals surface area (Å²) in [4.78, 5) is 36.2. The Hall–Kier alpha value is -3.97. The lowest BCUT2D eigenvalue weighted by molar-refractivity contribution is -0.136. The van der Waals surface area contributed by atoms with E-state index < -0.39 is 5.91 Å². The molecule has 1 fully saturated rings. The van der Waals surface area contributed by atoms with Crippen molar-refractivity contribution in [3.63, 3.8) is 0 Å². The van der Waals surface area contributed by atoms with Crippen molar-refractivity contribution in [1.82, 2.24) is 19.4 Å². The third kappa shape index (κ3) is 4.94. The number of carbonyl (C=O) groups excluding carboxylic acids is 2. The van der Waals surface area contributed by atoms with Gasteiger partial charge in [0.1, 0.15) is 12.7 Å². The Labute approximate surface area is 191 Å². The molecule has 1 unspecified atom stereocenters. The van der Waals surface area contributed by atoms with Gasteiger partial charge in [-0.3, -0.25) is 9.59 Å². The number of carbonyl (C=O) groups is 2. The van der Waals surface area contributed by atoms with Crippen LogP contribution in [0.2, 0.25) is 0 Å². The number of nitriles is 1. The van der Waals surface area contributed by atoms with Gasteiger partial charge in [0.15, 0.2) is 0 Å². The second-order valence-corrected chi connectivity index (χ2v) is 7.98. The topological polar surface area (TPSA) is 130 Å². The fraction of sp³-hybridized carbons (Fsp3) is 0.348. The number of aromatic nitrogens is 3. The van der Waals surface area contributed by atoms with E-state index in [0.717, 1.165) is 23.9 Å². The lowest BCUT2D eigenvalue weighted by Crippen LogP contribution is -2.41. The van der Waals surface area contributed by atoms with Crippen LogP contribution in [0.5, 0.6) is 0 Å². The molecule has 170 valence electrons. The standard InChI is InChI=1S/C23H25N7O3/c1-28(19-5-7-30(14-19)23-26-12-16(11-24)13-27-23)21(31)15-33-9-8-29-6-4-17-2-3-18(22(25)32)10-20(17)29/h2-4,6,10,12-13,19H,5,7-9,14-15H2,1H3,(H2,25,32).